The standard InChI is InChI=1S/C17H26N4O4/c1-11-18-15(20-19-11)2-3-16(22)21-8-12-9-25-7-5-17(12,23)13-10-24-6-4-14(13)21/h12-14,23H,2-10H2,1H3,(H,18,19,20)/t12-,13+,14-,17-/m0/s1. The average molecular weight is 350 g/mol. The molecule has 0 spiro atoms. The van der Waals surface area contributed by atoms with Gasteiger partial charge in [0, 0.05) is 56.9 Å². The van der Waals surface area contributed by atoms with Crippen molar-refractivity contribution in [1.29, 1.82) is 0 Å². The highest BCUT2D eigenvalue weighted by atomic mass is 16.5. The molecule has 1 amide bonds. The van der Waals surface area contributed by atoms with Gasteiger partial charge in [0.2, 0.25) is 5.91 Å². The molecular weight excluding hydrogens is 324 g/mol. The summed E-state index contributed by atoms with van der Waals surface area (Å²) < 4.78 is 11.2. The molecule has 0 saturated carbocycles. The van der Waals surface area contributed by atoms with E-state index in [4.69, 9.17) is 9.47 Å². The Morgan fingerprint density at radius 3 is 3.04 bits per heavy atom. The lowest BCUT2D eigenvalue weighted by Crippen LogP contribution is -2.68. The molecule has 0 aromatic carbocycles. The van der Waals surface area contributed by atoms with Gasteiger partial charge in [-0.2, -0.15) is 5.10 Å². The number of aryl methyl sites for hydroxylation is 2. The van der Waals surface area contributed by atoms with E-state index < -0.39 is 5.60 Å². The monoisotopic (exact) mass is 350 g/mol. The van der Waals surface area contributed by atoms with Crippen molar-refractivity contribution in [3.8, 4) is 0 Å². The molecule has 1 aromatic heterocycles. The van der Waals surface area contributed by atoms with E-state index in [1.54, 1.807) is 0 Å². The Balaban J connectivity index is 1.49. The number of piperidine rings is 1. The number of hydrogen-bond donors (Lipinski definition) is 2. The summed E-state index contributed by atoms with van der Waals surface area (Å²) in [6.45, 7) is 4.64. The van der Waals surface area contributed by atoms with Crippen LogP contribution in [0.15, 0.2) is 0 Å². The summed E-state index contributed by atoms with van der Waals surface area (Å²) in [6, 6.07) is 0.0504. The minimum absolute atomic E-state index is 0.0291. The predicted octanol–water partition coefficient (Wildman–Crippen LogP) is 0.0606. The molecule has 8 nitrogen and oxygen atoms in total. The number of hydrogen-bond acceptors (Lipinski definition) is 6. The highest BCUT2D eigenvalue weighted by molar-refractivity contribution is 5.77. The average Bonchev–Trinajstić information content (AvgIpc) is 3.04. The van der Waals surface area contributed by atoms with Crippen LogP contribution in [0.3, 0.4) is 0 Å². The molecule has 4 atom stereocenters. The number of nitrogens with zero attached hydrogens (tertiary/aromatic N) is 3. The van der Waals surface area contributed by atoms with E-state index in [0.717, 1.165) is 12.2 Å². The van der Waals surface area contributed by atoms with Gasteiger partial charge in [-0.25, -0.2) is 4.98 Å². The predicted molar refractivity (Wildman–Crippen MR) is 87.7 cm³/mol. The van der Waals surface area contributed by atoms with Crippen LogP contribution in [-0.2, 0) is 20.7 Å². The highest BCUT2D eigenvalue weighted by Crippen LogP contribution is 2.44. The van der Waals surface area contributed by atoms with Crippen molar-refractivity contribution in [3.63, 3.8) is 0 Å². The quantitative estimate of drug-likeness (QED) is 0.800. The number of nitrogens with one attached hydrogen (secondary N) is 1. The summed E-state index contributed by atoms with van der Waals surface area (Å²) >= 11 is 0. The first kappa shape index (κ1) is 16.9. The number of H-pyrrole nitrogens is 1. The molecular formula is C17H26N4O4. The van der Waals surface area contributed by atoms with Crippen LogP contribution in [0.4, 0.5) is 0 Å². The van der Waals surface area contributed by atoms with Gasteiger partial charge in [-0.3, -0.25) is 9.89 Å². The third-order valence-corrected chi connectivity index (χ3v) is 5.98. The molecule has 0 bridgehead atoms. The van der Waals surface area contributed by atoms with Gasteiger partial charge in [-0.05, 0) is 13.3 Å². The minimum Gasteiger partial charge on any atom is -0.389 e. The maximum Gasteiger partial charge on any atom is 0.223 e. The van der Waals surface area contributed by atoms with Crippen LogP contribution in [0, 0.1) is 18.8 Å². The number of carbonyl (C=O) groups is 1. The van der Waals surface area contributed by atoms with Crippen LogP contribution in [0.2, 0.25) is 0 Å². The molecule has 3 aliphatic heterocycles. The molecule has 138 valence electrons. The molecule has 2 N–H and O–H groups in total. The number of aromatic amines is 1. The van der Waals surface area contributed by atoms with Crippen molar-refractivity contribution in [2.45, 2.75) is 44.2 Å². The third kappa shape index (κ3) is 3.07. The van der Waals surface area contributed by atoms with Crippen LogP contribution in [-0.4, -0.2) is 75.7 Å². The second-order valence-electron chi connectivity index (χ2n) is 7.43. The number of likely N-dealkylation sites (tertiary alicyclic amines) is 1. The molecule has 25 heavy (non-hydrogen) atoms. The van der Waals surface area contributed by atoms with Crippen molar-refractivity contribution >= 4 is 5.91 Å². The number of amides is 1. The largest absolute Gasteiger partial charge is 0.389 e. The first-order valence-electron chi connectivity index (χ1n) is 9.13. The number of ether oxygens (including phenoxy) is 2. The summed E-state index contributed by atoms with van der Waals surface area (Å²) in [5.74, 6) is 1.46. The second kappa shape index (κ2) is 6.66. The highest BCUT2D eigenvalue weighted by Gasteiger charge is 2.56. The lowest BCUT2D eigenvalue weighted by Gasteiger charge is -2.57. The summed E-state index contributed by atoms with van der Waals surface area (Å²) in [4.78, 5) is 19.1. The summed E-state index contributed by atoms with van der Waals surface area (Å²) in [5, 5.41) is 18.2. The third-order valence-electron chi connectivity index (χ3n) is 5.98. The maximum atomic E-state index is 12.9. The summed E-state index contributed by atoms with van der Waals surface area (Å²) in [7, 11) is 0. The molecule has 4 rings (SSSR count). The fourth-order valence-electron chi connectivity index (χ4n) is 4.61. The molecule has 3 fully saturated rings. The van der Waals surface area contributed by atoms with E-state index in [1.807, 2.05) is 11.8 Å². The van der Waals surface area contributed by atoms with Gasteiger partial charge < -0.3 is 19.5 Å². The van der Waals surface area contributed by atoms with Gasteiger partial charge in [0.25, 0.3) is 0 Å². The van der Waals surface area contributed by atoms with Gasteiger partial charge in [-0.15, -0.1) is 0 Å². The van der Waals surface area contributed by atoms with Crippen LogP contribution in [0.1, 0.15) is 30.9 Å². The molecule has 0 radical (unpaired) electrons. The normalized spacial score (nSPS) is 35.1. The first-order valence-corrected chi connectivity index (χ1v) is 9.13. The van der Waals surface area contributed by atoms with Crippen LogP contribution >= 0.6 is 0 Å². The molecule has 3 saturated heterocycles. The molecule has 1 aromatic rings. The zero-order valence-corrected chi connectivity index (χ0v) is 14.6. The number of aliphatic hydroxyl groups is 1. The fourth-order valence-corrected chi connectivity index (χ4v) is 4.61. The van der Waals surface area contributed by atoms with E-state index in [-0.39, 0.29) is 23.8 Å². The lowest BCUT2D eigenvalue weighted by atomic mass is 9.66. The number of fused-ring (bicyclic) bond motifs is 3. The lowest BCUT2D eigenvalue weighted by molar-refractivity contribution is -0.219. The van der Waals surface area contributed by atoms with E-state index in [1.165, 1.54) is 0 Å². The fraction of sp³-hybridized carbons (Fsp3) is 0.824. The Bertz CT molecular complexity index is 636. The molecule has 0 aliphatic carbocycles. The summed E-state index contributed by atoms with van der Waals surface area (Å²) in [5.41, 5.74) is -0.777. The van der Waals surface area contributed by atoms with Crippen molar-refractivity contribution < 1.29 is 19.4 Å². The zero-order chi connectivity index (χ0) is 17.4. The minimum atomic E-state index is -0.777. The first-order chi connectivity index (χ1) is 12.1. The van der Waals surface area contributed by atoms with Crippen molar-refractivity contribution in [1.82, 2.24) is 20.1 Å². The van der Waals surface area contributed by atoms with Gasteiger partial charge >= 0.3 is 0 Å². The Labute approximate surface area is 146 Å². The Hall–Kier alpha value is -1.51. The van der Waals surface area contributed by atoms with E-state index in [9.17, 15) is 9.90 Å². The van der Waals surface area contributed by atoms with Crippen molar-refractivity contribution in [2.75, 3.05) is 33.0 Å². The summed E-state index contributed by atoms with van der Waals surface area (Å²) in [6.07, 6.45) is 2.32. The molecule has 0 unspecified atom stereocenters. The SMILES string of the molecule is Cc1nc(CCC(=O)N2C[C@H]3COCC[C@@]3(O)[C@@H]3COCC[C@@H]32)n[nH]1. The number of aromatic nitrogens is 3. The Morgan fingerprint density at radius 2 is 2.24 bits per heavy atom. The van der Waals surface area contributed by atoms with Crippen molar-refractivity contribution in [3.05, 3.63) is 11.6 Å². The van der Waals surface area contributed by atoms with Gasteiger partial charge in [-0.1, -0.05) is 0 Å². The van der Waals surface area contributed by atoms with Crippen LogP contribution < -0.4 is 0 Å². The maximum absolute atomic E-state index is 12.9. The van der Waals surface area contributed by atoms with Gasteiger partial charge in [0.1, 0.15) is 5.82 Å². The zero-order valence-electron chi connectivity index (χ0n) is 14.6. The van der Waals surface area contributed by atoms with E-state index >= 15 is 0 Å². The van der Waals surface area contributed by atoms with Crippen LogP contribution in [0.5, 0.6) is 0 Å². The van der Waals surface area contributed by atoms with Crippen molar-refractivity contribution in [2.24, 2.45) is 11.8 Å². The second-order valence-corrected chi connectivity index (χ2v) is 7.43. The van der Waals surface area contributed by atoms with Gasteiger partial charge in [0.15, 0.2) is 5.82 Å². The van der Waals surface area contributed by atoms with Gasteiger partial charge in [0.05, 0.1) is 18.8 Å². The molecule has 3 aliphatic rings. The Morgan fingerprint density at radius 1 is 1.40 bits per heavy atom. The van der Waals surface area contributed by atoms with E-state index in [0.29, 0.717) is 58.1 Å². The topological polar surface area (TPSA) is 101 Å². The van der Waals surface area contributed by atoms with Crippen LogP contribution in [0.25, 0.3) is 0 Å². The number of carbonyl (C=O) groups excluding carboxylic acids is 1. The van der Waals surface area contributed by atoms with E-state index in [2.05, 4.69) is 15.2 Å². The smallest absolute Gasteiger partial charge is 0.223 e. The molecule has 8 heteroatoms. The molecule has 4 heterocycles. The Kier molecular flexibility index (Phi) is 4.51. The number of rotatable bonds is 3.